The Hall–Kier alpha value is -1.29. The van der Waals surface area contributed by atoms with E-state index in [9.17, 15) is 4.79 Å². The largest absolute Gasteiger partial charge is 0.478 e. The molecule has 1 saturated heterocycles. The molecule has 21 heavy (non-hydrogen) atoms. The molecule has 3 rings (SSSR count). The fourth-order valence-corrected chi connectivity index (χ4v) is 4.21. The Labute approximate surface area is 133 Å². The van der Waals surface area contributed by atoms with Gasteiger partial charge in [0.05, 0.1) is 0 Å². The van der Waals surface area contributed by atoms with E-state index in [0.29, 0.717) is 6.04 Å². The van der Waals surface area contributed by atoms with Crippen LogP contribution in [-0.4, -0.2) is 23.7 Å². The molecule has 4 heteroatoms. The molecule has 2 atom stereocenters. The van der Waals surface area contributed by atoms with Gasteiger partial charge in [-0.15, -0.1) is 0 Å². The second kappa shape index (κ2) is 6.22. The Morgan fingerprint density at radius 3 is 2.90 bits per heavy atom. The van der Waals surface area contributed by atoms with Crippen molar-refractivity contribution in [2.45, 2.75) is 38.1 Å². The van der Waals surface area contributed by atoms with E-state index in [1.54, 1.807) is 6.08 Å². The van der Waals surface area contributed by atoms with Gasteiger partial charge in [-0.25, -0.2) is 4.79 Å². The smallest absolute Gasteiger partial charge is 0.328 e. The lowest BCUT2D eigenvalue weighted by Gasteiger charge is -2.40. The van der Waals surface area contributed by atoms with Gasteiger partial charge in [0.15, 0.2) is 0 Å². The van der Waals surface area contributed by atoms with Crippen molar-refractivity contribution >= 4 is 33.7 Å². The van der Waals surface area contributed by atoms with Crippen molar-refractivity contribution < 1.29 is 9.90 Å². The lowest BCUT2D eigenvalue weighted by molar-refractivity contribution is -0.131. The van der Waals surface area contributed by atoms with Crippen molar-refractivity contribution in [3.63, 3.8) is 0 Å². The average molecular weight is 350 g/mol. The van der Waals surface area contributed by atoms with E-state index < -0.39 is 5.97 Å². The molecule has 0 spiro atoms. The number of benzene rings is 1. The van der Waals surface area contributed by atoms with Gasteiger partial charge in [0.1, 0.15) is 0 Å². The van der Waals surface area contributed by atoms with Crippen molar-refractivity contribution in [2.75, 3.05) is 11.4 Å². The Morgan fingerprint density at radius 1 is 1.29 bits per heavy atom. The number of carboxylic acid groups (broad SMARTS) is 1. The van der Waals surface area contributed by atoms with Crippen LogP contribution in [0.2, 0.25) is 0 Å². The Morgan fingerprint density at radius 2 is 2.10 bits per heavy atom. The van der Waals surface area contributed by atoms with E-state index in [2.05, 4.69) is 26.9 Å². The molecule has 0 aromatic heterocycles. The number of nitrogens with zero attached hydrogens (tertiary/aromatic N) is 1. The first-order valence-electron chi connectivity index (χ1n) is 7.62. The van der Waals surface area contributed by atoms with Crippen LogP contribution in [0.5, 0.6) is 0 Å². The van der Waals surface area contributed by atoms with Gasteiger partial charge >= 0.3 is 5.97 Å². The summed E-state index contributed by atoms with van der Waals surface area (Å²) in [5, 5.41) is 8.88. The third-order valence-corrected chi connectivity index (χ3v) is 5.19. The van der Waals surface area contributed by atoms with Crippen molar-refractivity contribution in [3.05, 3.63) is 34.3 Å². The van der Waals surface area contributed by atoms with Crippen LogP contribution in [0.3, 0.4) is 0 Å². The zero-order valence-electron chi connectivity index (χ0n) is 12.0. The first kappa shape index (κ1) is 14.6. The Kier molecular flexibility index (Phi) is 4.34. The predicted octanol–water partition coefficient (Wildman–Crippen LogP) is 4.32. The highest BCUT2D eigenvalue weighted by atomic mass is 79.9. The van der Waals surface area contributed by atoms with Crippen molar-refractivity contribution in [1.82, 2.24) is 0 Å². The van der Waals surface area contributed by atoms with Gasteiger partial charge in [0.2, 0.25) is 0 Å². The molecular weight excluding hydrogens is 330 g/mol. The molecule has 1 aliphatic carbocycles. The molecule has 1 aromatic carbocycles. The number of aliphatic carboxylic acids is 1. The molecule has 112 valence electrons. The van der Waals surface area contributed by atoms with Gasteiger partial charge in [-0.1, -0.05) is 22.4 Å². The van der Waals surface area contributed by atoms with Crippen LogP contribution in [0.15, 0.2) is 28.7 Å². The number of piperidine rings is 1. The minimum atomic E-state index is -0.904. The molecule has 1 N–H and O–H groups in total. The maximum Gasteiger partial charge on any atom is 0.328 e. The van der Waals surface area contributed by atoms with Crippen molar-refractivity contribution in [2.24, 2.45) is 5.92 Å². The van der Waals surface area contributed by atoms with E-state index >= 15 is 0 Å². The number of fused-ring (bicyclic) bond motifs is 1. The third kappa shape index (κ3) is 3.15. The molecule has 1 heterocycles. The van der Waals surface area contributed by atoms with E-state index in [1.807, 2.05) is 12.1 Å². The summed E-state index contributed by atoms with van der Waals surface area (Å²) in [7, 11) is 0. The molecular formula is C17H20BrNO2. The van der Waals surface area contributed by atoms with Crippen molar-refractivity contribution in [1.29, 1.82) is 0 Å². The molecule has 1 aliphatic heterocycles. The molecule has 2 fully saturated rings. The first-order chi connectivity index (χ1) is 10.1. The molecule has 0 amide bonds. The topological polar surface area (TPSA) is 40.5 Å². The van der Waals surface area contributed by atoms with Crippen LogP contribution >= 0.6 is 15.9 Å². The van der Waals surface area contributed by atoms with E-state index in [0.717, 1.165) is 22.5 Å². The number of hydrogen-bond donors (Lipinski definition) is 1. The van der Waals surface area contributed by atoms with Gasteiger partial charge in [-0.05, 0) is 61.4 Å². The lowest BCUT2D eigenvalue weighted by atomic mass is 9.91. The summed E-state index contributed by atoms with van der Waals surface area (Å²) in [6.45, 7) is 1.08. The Bertz CT molecular complexity index is 570. The van der Waals surface area contributed by atoms with Crippen LogP contribution in [0, 0.1) is 5.92 Å². The van der Waals surface area contributed by atoms with Gasteiger partial charge in [-0.2, -0.15) is 0 Å². The quantitative estimate of drug-likeness (QED) is 0.826. The van der Waals surface area contributed by atoms with Crippen molar-refractivity contribution in [3.8, 4) is 0 Å². The molecule has 2 unspecified atom stereocenters. The Balaban J connectivity index is 1.95. The summed E-state index contributed by atoms with van der Waals surface area (Å²) in [6.07, 6.45) is 9.45. The summed E-state index contributed by atoms with van der Waals surface area (Å²) in [5.41, 5.74) is 2.16. The highest BCUT2D eigenvalue weighted by Crippen LogP contribution is 2.40. The zero-order chi connectivity index (χ0) is 14.8. The monoisotopic (exact) mass is 349 g/mol. The van der Waals surface area contributed by atoms with Crippen LogP contribution in [-0.2, 0) is 4.79 Å². The van der Waals surface area contributed by atoms with E-state index in [-0.39, 0.29) is 0 Å². The second-order valence-electron chi connectivity index (χ2n) is 5.97. The van der Waals surface area contributed by atoms with Crippen LogP contribution in [0.1, 0.15) is 37.7 Å². The third-order valence-electron chi connectivity index (χ3n) is 4.70. The van der Waals surface area contributed by atoms with Gasteiger partial charge in [0, 0.05) is 28.8 Å². The van der Waals surface area contributed by atoms with Crippen LogP contribution in [0.25, 0.3) is 6.08 Å². The SMILES string of the molecule is O=C(O)/C=C/c1cc(Br)ccc1N1CCCC2CCCC21. The summed E-state index contributed by atoms with van der Waals surface area (Å²) >= 11 is 3.48. The lowest BCUT2D eigenvalue weighted by Crippen LogP contribution is -2.42. The van der Waals surface area contributed by atoms with Gasteiger partial charge in [0.25, 0.3) is 0 Å². The normalized spacial score (nSPS) is 25.3. The summed E-state index contributed by atoms with van der Waals surface area (Å²) in [5.74, 6) is -0.0861. The van der Waals surface area contributed by atoms with Crippen LogP contribution < -0.4 is 4.90 Å². The summed E-state index contributed by atoms with van der Waals surface area (Å²) in [4.78, 5) is 13.3. The molecule has 0 radical (unpaired) electrons. The maximum atomic E-state index is 10.8. The van der Waals surface area contributed by atoms with E-state index in [4.69, 9.17) is 5.11 Å². The fourth-order valence-electron chi connectivity index (χ4n) is 3.83. The number of rotatable bonds is 3. The highest BCUT2D eigenvalue weighted by molar-refractivity contribution is 9.10. The molecule has 1 saturated carbocycles. The summed E-state index contributed by atoms with van der Waals surface area (Å²) < 4.78 is 0.983. The molecule has 2 aliphatic rings. The molecule has 3 nitrogen and oxygen atoms in total. The maximum absolute atomic E-state index is 10.8. The zero-order valence-corrected chi connectivity index (χ0v) is 13.6. The summed E-state index contributed by atoms with van der Waals surface area (Å²) in [6, 6.07) is 6.81. The highest BCUT2D eigenvalue weighted by Gasteiger charge is 2.35. The van der Waals surface area contributed by atoms with Gasteiger partial charge < -0.3 is 10.0 Å². The number of anilines is 1. The van der Waals surface area contributed by atoms with Gasteiger partial charge in [-0.3, -0.25) is 0 Å². The number of hydrogen-bond acceptors (Lipinski definition) is 2. The predicted molar refractivity (Wildman–Crippen MR) is 88.5 cm³/mol. The number of halogens is 1. The minimum absolute atomic E-state index is 0.636. The molecule has 0 bridgehead atoms. The average Bonchev–Trinajstić information content (AvgIpc) is 2.93. The standard InChI is InChI=1S/C17H20BrNO2/c18-14-7-8-16(13(11-14)6-9-17(20)21)19-10-2-4-12-3-1-5-15(12)19/h6-9,11-12,15H,1-5,10H2,(H,20,21)/b9-6+. The fraction of sp³-hybridized carbons (Fsp3) is 0.471. The number of carboxylic acids is 1. The van der Waals surface area contributed by atoms with E-state index in [1.165, 1.54) is 43.9 Å². The number of carbonyl (C=O) groups is 1. The second-order valence-corrected chi connectivity index (χ2v) is 6.88. The molecule has 1 aromatic rings. The first-order valence-corrected chi connectivity index (χ1v) is 8.41. The van der Waals surface area contributed by atoms with Crippen LogP contribution in [0.4, 0.5) is 5.69 Å². The minimum Gasteiger partial charge on any atom is -0.478 e.